The zero-order valence-electron chi connectivity index (χ0n) is 11.3. The van der Waals surface area contributed by atoms with Gasteiger partial charge in [-0.3, -0.25) is 14.5 Å². The molecule has 20 heavy (non-hydrogen) atoms. The fraction of sp³-hybridized carbons (Fsp3) is 0.500. The monoisotopic (exact) mass is 318 g/mol. The van der Waals surface area contributed by atoms with Crippen LogP contribution in [0, 0.1) is 5.92 Å². The van der Waals surface area contributed by atoms with Gasteiger partial charge in [-0.25, -0.2) is 0 Å². The third-order valence-corrected chi connectivity index (χ3v) is 2.80. The second kappa shape index (κ2) is 9.46. The average molecular weight is 319 g/mol. The first-order valence-electron chi connectivity index (χ1n) is 4.98. The zero-order valence-corrected chi connectivity index (χ0v) is 14.1. The molecule has 0 radical (unpaired) electrons. The predicted molar refractivity (Wildman–Crippen MR) is 64.6 cm³/mol. The summed E-state index contributed by atoms with van der Waals surface area (Å²) in [5.41, 5.74) is 5.59. The van der Waals surface area contributed by atoms with Gasteiger partial charge in [0, 0.05) is 6.08 Å². The first-order chi connectivity index (χ1) is 7.77. The van der Waals surface area contributed by atoms with E-state index in [1.54, 1.807) is 13.8 Å². The molecule has 0 aromatic rings. The quantitative estimate of drug-likeness (QED) is 0.510. The van der Waals surface area contributed by atoms with Crippen molar-refractivity contribution < 1.29 is 60.0 Å². The molecule has 0 aliphatic carbocycles. The van der Waals surface area contributed by atoms with Crippen molar-refractivity contribution >= 4 is 29.4 Å². The van der Waals surface area contributed by atoms with E-state index in [1.807, 2.05) is 0 Å². The molecular formula is C10H16ClN2NaO6. The van der Waals surface area contributed by atoms with Crippen molar-refractivity contribution in [1.82, 2.24) is 4.90 Å². The smallest absolute Gasteiger partial charge is 0.547 e. The number of halogens is 1. The van der Waals surface area contributed by atoms with E-state index in [0.717, 1.165) is 6.08 Å². The number of amides is 2. The molecule has 0 aromatic carbocycles. The van der Waals surface area contributed by atoms with Crippen molar-refractivity contribution in [2.24, 2.45) is 11.7 Å². The molecule has 1 heterocycles. The molecule has 10 heteroatoms. The minimum Gasteiger partial charge on any atom is -0.547 e. The molecule has 110 valence electrons. The third kappa shape index (κ3) is 4.81. The molecular weight excluding hydrogens is 303 g/mol. The number of aliphatic carboxylic acids is 1. The third-order valence-electron chi connectivity index (χ3n) is 2.48. The van der Waals surface area contributed by atoms with Crippen molar-refractivity contribution in [2.45, 2.75) is 25.9 Å². The predicted octanol–water partition coefficient (Wildman–Crippen LogP) is -6.07. The summed E-state index contributed by atoms with van der Waals surface area (Å²) >= 11 is 5.58. The van der Waals surface area contributed by atoms with E-state index < -0.39 is 29.9 Å². The van der Waals surface area contributed by atoms with E-state index in [0.29, 0.717) is 4.90 Å². The number of nitrogens with zero attached hydrogens (tertiary/aromatic N) is 1. The minimum atomic E-state index is -1.61. The van der Waals surface area contributed by atoms with Gasteiger partial charge in [-0.05, 0) is 5.92 Å². The van der Waals surface area contributed by atoms with E-state index in [-0.39, 0.29) is 51.5 Å². The molecule has 0 aromatic heterocycles. The van der Waals surface area contributed by atoms with Gasteiger partial charge in [-0.15, -0.1) is 0 Å². The Morgan fingerprint density at radius 3 is 2.20 bits per heavy atom. The molecule has 2 amide bonds. The summed E-state index contributed by atoms with van der Waals surface area (Å²) in [5, 5.41) is 10.6. The van der Waals surface area contributed by atoms with Gasteiger partial charge in [0.05, 0.1) is 17.0 Å². The molecule has 6 N–H and O–H groups in total. The van der Waals surface area contributed by atoms with E-state index in [2.05, 4.69) is 0 Å². The molecule has 0 bridgehead atoms. The molecule has 0 spiro atoms. The van der Waals surface area contributed by atoms with Crippen LogP contribution in [-0.4, -0.2) is 45.7 Å². The van der Waals surface area contributed by atoms with Gasteiger partial charge in [-0.2, -0.15) is 0 Å². The summed E-state index contributed by atoms with van der Waals surface area (Å²) in [6.07, 6.45) is 0.882. The van der Waals surface area contributed by atoms with Crippen LogP contribution in [0.1, 0.15) is 13.8 Å². The summed E-state index contributed by atoms with van der Waals surface area (Å²) < 4.78 is 0. The normalized spacial score (nSPS) is 18.4. The van der Waals surface area contributed by atoms with Crippen LogP contribution >= 0.6 is 11.6 Å². The van der Waals surface area contributed by atoms with Crippen LogP contribution in [0.3, 0.4) is 0 Å². The molecule has 1 aliphatic heterocycles. The Hall–Kier alpha value is -0.480. The first-order valence-corrected chi connectivity index (χ1v) is 5.35. The summed E-state index contributed by atoms with van der Waals surface area (Å²) in [4.78, 5) is 34.7. The van der Waals surface area contributed by atoms with Gasteiger partial charge in [0.15, 0.2) is 0 Å². The van der Waals surface area contributed by atoms with Crippen molar-refractivity contribution in [3.8, 4) is 0 Å². The number of carbonyl (C=O) groups is 3. The van der Waals surface area contributed by atoms with Gasteiger partial charge >= 0.3 is 29.6 Å². The molecule has 8 nitrogen and oxygen atoms in total. The molecule has 0 saturated carbocycles. The zero-order chi connectivity index (χ0) is 13.3. The van der Waals surface area contributed by atoms with Crippen LogP contribution in [0.15, 0.2) is 11.1 Å². The number of carboxylic acids is 1. The Morgan fingerprint density at radius 2 is 1.85 bits per heavy atom. The second-order valence-electron chi connectivity index (χ2n) is 4.07. The summed E-state index contributed by atoms with van der Waals surface area (Å²) in [6, 6.07) is -2.53. The summed E-state index contributed by atoms with van der Waals surface area (Å²) in [7, 11) is 0. The molecule has 2 atom stereocenters. The van der Waals surface area contributed by atoms with Crippen LogP contribution in [-0.2, 0) is 14.4 Å². The fourth-order valence-corrected chi connectivity index (χ4v) is 1.70. The number of nitrogens with two attached hydrogens (primary N) is 1. The molecule has 1 aliphatic rings. The Labute approximate surface area is 142 Å². The molecule has 2 unspecified atom stereocenters. The number of hydrogen-bond acceptors (Lipinski definition) is 5. The van der Waals surface area contributed by atoms with E-state index in [1.165, 1.54) is 0 Å². The second-order valence-corrected chi connectivity index (χ2v) is 4.50. The van der Waals surface area contributed by atoms with Crippen LogP contribution in [0.25, 0.3) is 0 Å². The van der Waals surface area contributed by atoms with Crippen molar-refractivity contribution in [3.63, 3.8) is 0 Å². The van der Waals surface area contributed by atoms with Crippen molar-refractivity contribution in [1.29, 1.82) is 0 Å². The van der Waals surface area contributed by atoms with Crippen molar-refractivity contribution in [3.05, 3.63) is 11.1 Å². The van der Waals surface area contributed by atoms with Gasteiger partial charge < -0.3 is 26.6 Å². The van der Waals surface area contributed by atoms with E-state index in [4.69, 9.17) is 17.3 Å². The summed E-state index contributed by atoms with van der Waals surface area (Å²) in [5.74, 6) is -3.39. The maximum absolute atomic E-state index is 11.9. The molecule has 0 saturated heterocycles. The van der Waals surface area contributed by atoms with Gasteiger partial charge in [0.2, 0.25) is 5.91 Å². The van der Waals surface area contributed by atoms with Gasteiger partial charge in [0.1, 0.15) is 6.04 Å². The average Bonchev–Trinajstić information content (AvgIpc) is 2.51. The van der Waals surface area contributed by atoms with Crippen molar-refractivity contribution in [2.75, 3.05) is 0 Å². The summed E-state index contributed by atoms with van der Waals surface area (Å²) in [6.45, 7) is 3.37. The van der Waals surface area contributed by atoms with Crippen LogP contribution in [0.4, 0.5) is 0 Å². The largest absolute Gasteiger partial charge is 1.00 e. The van der Waals surface area contributed by atoms with Crippen LogP contribution in [0.2, 0.25) is 0 Å². The van der Waals surface area contributed by atoms with E-state index in [9.17, 15) is 19.5 Å². The van der Waals surface area contributed by atoms with Gasteiger partial charge in [-0.1, -0.05) is 25.4 Å². The van der Waals surface area contributed by atoms with Crippen LogP contribution in [0.5, 0.6) is 0 Å². The molecule has 0 fully saturated rings. The number of rotatable bonds is 3. The Morgan fingerprint density at radius 1 is 1.40 bits per heavy atom. The standard InChI is InChI=1S/C10H13ClN2O4.Na.2H2O/c1-4(2)7(12)9(15)13-6(14)3-5(11)8(13)10(16)17;;;/h3-4,7-8H,12H2,1-2H3,(H,16,17);;2*1H2/q;+1;;/p-1. The topological polar surface area (TPSA) is 167 Å². The number of imide groups is 1. The van der Waals surface area contributed by atoms with Gasteiger partial charge in [0.25, 0.3) is 5.91 Å². The van der Waals surface area contributed by atoms with Crippen LogP contribution < -0.4 is 40.4 Å². The fourth-order valence-electron chi connectivity index (χ4n) is 1.42. The van der Waals surface area contributed by atoms with E-state index >= 15 is 0 Å². The number of hydrogen-bond donors (Lipinski definition) is 1. The maximum atomic E-state index is 11.9. The Bertz CT molecular complexity index is 415. The molecule has 1 rings (SSSR count). The first kappa shape index (κ1) is 24.5. The number of carboxylic acid groups (broad SMARTS) is 1. The Balaban J connectivity index is -0.000000963. The SMILES string of the molecule is CC(C)C(N)C(=O)N1C(=O)C=C(Cl)C1C(=O)[O-].O.O.[Na+]. The number of carbonyl (C=O) groups excluding carboxylic acids is 3. The minimum absolute atomic E-state index is 0. The Kier molecular flexibility index (Phi) is 11.6. The maximum Gasteiger partial charge on any atom is 1.00 e.